The summed E-state index contributed by atoms with van der Waals surface area (Å²) in [7, 11) is 0. The third-order valence-electron chi connectivity index (χ3n) is 3.46. The van der Waals surface area contributed by atoms with Crippen molar-refractivity contribution >= 4 is 16.8 Å². The first-order chi connectivity index (χ1) is 9.13. The number of aromatic nitrogens is 2. The van der Waals surface area contributed by atoms with Gasteiger partial charge in [0.25, 0.3) is 5.91 Å². The van der Waals surface area contributed by atoms with Gasteiger partial charge in [-0.05, 0) is 12.0 Å². The number of amides is 1. The maximum absolute atomic E-state index is 12.0. The minimum Gasteiger partial charge on any atom is -0.391 e. The Morgan fingerprint density at radius 1 is 1.47 bits per heavy atom. The Bertz CT molecular complexity index is 565. The zero-order valence-corrected chi connectivity index (χ0v) is 11.2. The van der Waals surface area contributed by atoms with Gasteiger partial charge in [-0.15, -0.1) is 0 Å². The number of nitrogens with zero attached hydrogens (tertiary/aromatic N) is 1. The lowest BCUT2D eigenvalue weighted by atomic mass is 10.0. The molecule has 1 aromatic heterocycles. The van der Waals surface area contributed by atoms with Crippen LogP contribution in [0, 0.1) is 5.92 Å². The molecule has 2 atom stereocenters. The number of carbonyl (C=O) groups is 1. The number of aromatic amines is 1. The Hall–Kier alpha value is -1.88. The van der Waals surface area contributed by atoms with Crippen LogP contribution >= 0.6 is 0 Å². The fourth-order valence-corrected chi connectivity index (χ4v) is 1.89. The molecule has 0 bridgehead atoms. The van der Waals surface area contributed by atoms with E-state index in [2.05, 4.69) is 15.5 Å². The van der Waals surface area contributed by atoms with E-state index in [1.165, 1.54) is 0 Å². The van der Waals surface area contributed by atoms with E-state index < -0.39 is 6.10 Å². The number of hydrogen-bond acceptors (Lipinski definition) is 3. The summed E-state index contributed by atoms with van der Waals surface area (Å²) in [5.41, 5.74) is 1.20. The molecule has 1 heterocycles. The van der Waals surface area contributed by atoms with Crippen molar-refractivity contribution in [1.82, 2.24) is 15.5 Å². The summed E-state index contributed by atoms with van der Waals surface area (Å²) in [6.07, 6.45) is 0.349. The van der Waals surface area contributed by atoms with E-state index in [-0.39, 0.29) is 18.4 Å². The average molecular weight is 261 g/mol. The van der Waals surface area contributed by atoms with E-state index in [1.807, 2.05) is 38.1 Å². The van der Waals surface area contributed by atoms with Crippen LogP contribution in [0.2, 0.25) is 0 Å². The van der Waals surface area contributed by atoms with E-state index in [4.69, 9.17) is 0 Å². The van der Waals surface area contributed by atoms with Crippen molar-refractivity contribution < 1.29 is 9.90 Å². The van der Waals surface area contributed by atoms with Crippen LogP contribution in [-0.2, 0) is 0 Å². The first kappa shape index (κ1) is 13.5. The number of benzene rings is 1. The molecule has 5 heteroatoms. The van der Waals surface area contributed by atoms with Crippen molar-refractivity contribution in [1.29, 1.82) is 0 Å². The third kappa shape index (κ3) is 2.93. The summed E-state index contributed by atoms with van der Waals surface area (Å²) in [5.74, 6) is -0.101. The molecule has 102 valence electrons. The summed E-state index contributed by atoms with van der Waals surface area (Å²) in [6, 6.07) is 7.46. The number of aliphatic hydroxyl groups excluding tert-OH is 1. The minimum atomic E-state index is -0.529. The maximum Gasteiger partial charge on any atom is 0.272 e. The fourth-order valence-electron chi connectivity index (χ4n) is 1.89. The van der Waals surface area contributed by atoms with Crippen LogP contribution < -0.4 is 5.32 Å². The monoisotopic (exact) mass is 261 g/mol. The molecule has 0 radical (unpaired) electrons. The van der Waals surface area contributed by atoms with E-state index in [9.17, 15) is 9.90 Å². The molecule has 0 fully saturated rings. The second-order valence-corrected chi connectivity index (χ2v) is 4.78. The highest BCUT2D eigenvalue weighted by molar-refractivity contribution is 6.04. The number of fused-ring (bicyclic) bond motifs is 1. The molecule has 0 aliphatic rings. The standard InChI is InChI=1S/C14H19N3O2/c1-3-9(2)12(18)8-15-14(19)13-10-6-4-5-7-11(10)16-17-13/h4-7,9,12,18H,3,8H2,1-2H3,(H,15,19)(H,16,17). The quantitative estimate of drug-likeness (QED) is 0.766. The van der Waals surface area contributed by atoms with Crippen LogP contribution in [0.3, 0.4) is 0 Å². The van der Waals surface area contributed by atoms with Gasteiger partial charge in [0, 0.05) is 11.9 Å². The largest absolute Gasteiger partial charge is 0.391 e. The average Bonchev–Trinajstić information content (AvgIpc) is 2.87. The number of H-pyrrole nitrogens is 1. The Kier molecular flexibility index (Phi) is 4.16. The molecule has 0 saturated carbocycles. The van der Waals surface area contributed by atoms with Crippen LogP contribution in [-0.4, -0.2) is 33.9 Å². The molecule has 0 spiro atoms. The zero-order valence-electron chi connectivity index (χ0n) is 11.2. The van der Waals surface area contributed by atoms with Crippen LogP contribution in [0.4, 0.5) is 0 Å². The highest BCUT2D eigenvalue weighted by Crippen LogP contribution is 2.15. The normalized spacial score (nSPS) is 14.3. The molecular formula is C14H19N3O2. The van der Waals surface area contributed by atoms with Crippen LogP contribution in [0.1, 0.15) is 30.8 Å². The molecule has 5 nitrogen and oxygen atoms in total. The number of rotatable bonds is 5. The smallest absolute Gasteiger partial charge is 0.272 e. The first-order valence-electron chi connectivity index (χ1n) is 6.52. The summed E-state index contributed by atoms with van der Waals surface area (Å²) < 4.78 is 0. The maximum atomic E-state index is 12.0. The van der Waals surface area contributed by atoms with Gasteiger partial charge in [-0.1, -0.05) is 38.5 Å². The fraction of sp³-hybridized carbons (Fsp3) is 0.429. The molecule has 2 unspecified atom stereocenters. The Morgan fingerprint density at radius 3 is 2.95 bits per heavy atom. The number of hydrogen-bond donors (Lipinski definition) is 3. The lowest BCUT2D eigenvalue weighted by Crippen LogP contribution is -2.35. The molecule has 0 aliphatic carbocycles. The summed E-state index contributed by atoms with van der Waals surface area (Å²) in [4.78, 5) is 12.0. The predicted molar refractivity (Wildman–Crippen MR) is 73.9 cm³/mol. The van der Waals surface area contributed by atoms with Crippen LogP contribution in [0.15, 0.2) is 24.3 Å². The SMILES string of the molecule is CCC(C)C(O)CNC(=O)c1n[nH]c2ccccc12. The second-order valence-electron chi connectivity index (χ2n) is 4.78. The molecule has 3 N–H and O–H groups in total. The van der Waals surface area contributed by atoms with Crippen molar-refractivity contribution in [2.24, 2.45) is 5.92 Å². The summed E-state index contributed by atoms with van der Waals surface area (Å²) in [5, 5.41) is 20.2. The topological polar surface area (TPSA) is 78.0 Å². The van der Waals surface area contributed by atoms with Gasteiger partial charge in [0.2, 0.25) is 0 Å². The first-order valence-corrected chi connectivity index (χ1v) is 6.52. The minimum absolute atomic E-state index is 0.163. The van der Waals surface area contributed by atoms with Gasteiger partial charge in [-0.2, -0.15) is 5.10 Å². The number of para-hydroxylation sites is 1. The second kappa shape index (κ2) is 5.84. The van der Waals surface area contributed by atoms with Crippen molar-refractivity contribution in [3.63, 3.8) is 0 Å². The Balaban J connectivity index is 2.04. The van der Waals surface area contributed by atoms with E-state index in [1.54, 1.807) is 0 Å². The number of carbonyl (C=O) groups excluding carboxylic acids is 1. The Labute approximate surface area is 112 Å². The zero-order chi connectivity index (χ0) is 13.8. The van der Waals surface area contributed by atoms with Gasteiger partial charge in [-0.25, -0.2) is 0 Å². The molecule has 2 aromatic rings. The lowest BCUT2D eigenvalue weighted by molar-refractivity contribution is 0.0847. The molecule has 1 amide bonds. The van der Waals surface area contributed by atoms with Crippen molar-refractivity contribution in [2.75, 3.05) is 6.54 Å². The van der Waals surface area contributed by atoms with Crippen molar-refractivity contribution in [3.8, 4) is 0 Å². The van der Waals surface area contributed by atoms with E-state index in [0.29, 0.717) is 5.69 Å². The molecule has 19 heavy (non-hydrogen) atoms. The van der Waals surface area contributed by atoms with E-state index in [0.717, 1.165) is 17.3 Å². The summed E-state index contributed by atoms with van der Waals surface area (Å²) in [6.45, 7) is 4.22. The molecule has 0 saturated heterocycles. The van der Waals surface area contributed by atoms with Gasteiger partial charge >= 0.3 is 0 Å². The predicted octanol–water partition coefficient (Wildman–Crippen LogP) is 1.70. The van der Waals surface area contributed by atoms with Crippen LogP contribution in [0.5, 0.6) is 0 Å². The molecular weight excluding hydrogens is 242 g/mol. The Morgan fingerprint density at radius 2 is 2.21 bits per heavy atom. The van der Waals surface area contributed by atoms with Crippen molar-refractivity contribution in [3.05, 3.63) is 30.0 Å². The number of aliphatic hydroxyl groups is 1. The third-order valence-corrected chi connectivity index (χ3v) is 3.46. The van der Waals surface area contributed by atoms with E-state index >= 15 is 0 Å². The highest BCUT2D eigenvalue weighted by atomic mass is 16.3. The van der Waals surface area contributed by atoms with Crippen LogP contribution in [0.25, 0.3) is 10.9 Å². The van der Waals surface area contributed by atoms with Gasteiger partial charge in [-0.3, -0.25) is 9.89 Å². The lowest BCUT2D eigenvalue weighted by Gasteiger charge is -2.17. The van der Waals surface area contributed by atoms with Gasteiger partial charge in [0.1, 0.15) is 0 Å². The van der Waals surface area contributed by atoms with Gasteiger partial charge in [0.05, 0.1) is 11.6 Å². The molecule has 2 rings (SSSR count). The molecule has 0 aliphatic heterocycles. The van der Waals surface area contributed by atoms with Crippen molar-refractivity contribution in [2.45, 2.75) is 26.4 Å². The highest BCUT2D eigenvalue weighted by Gasteiger charge is 2.17. The van der Waals surface area contributed by atoms with Gasteiger partial charge in [0.15, 0.2) is 5.69 Å². The summed E-state index contributed by atoms with van der Waals surface area (Å²) >= 11 is 0. The number of nitrogens with one attached hydrogen (secondary N) is 2. The van der Waals surface area contributed by atoms with Gasteiger partial charge < -0.3 is 10.4 Å². The molecule has 1 aromatic carbocycles.